The molecule has 2 rings (SSSR count). The summed E-state index contributed by atoms with van der Waals surface area (Å²) in [5, 5.41) is 5.64. The summed E-state index contributed by atoms with van der Waals surface area (Å²) < 4.78 is 13.5. The Morgan fingerprint density at radius 1 is 1.20 bits per heavy atom. The van der Waals surface area contributed by atoms with E-state index in [1.165, 1.54) is 18.5 Å². The van der Waals surface area contributed by atoms with Crippen molar-refractivity contribution in [1.29, 1.82) is 0 Å². The molecular formula is C14H15FN4O. The zero-order chi connectivity index (χ0) is 14.4. The highest BCUT2D eigenvalue weighted by Crippen LogP contribution is 2.17. The van der Waals surface area contributed by atoms with E-state index in [9.17, 15) is 9.18 Å². The first-order valence-electron chi connectivity index (χ1n) is 6.31. The molecule has 0 atom stereocenters. The molecule has 20 heavy (non-hydrogen) atoms. The van der Waals surface area contributed by atoms with Gasteiger partial charge in [-0.05, 0) is 18.6 Å². The van der Waals surface area contributed by atoms with Crippen LogP contribution >= 0.6 is 0 Å². The second-order valence-electron chi connectivity index (χ2n) is 4.16. The van der Waals surface area contributed by atoms with Gasteiger partial charge in [0.1, 0.15) is 0 Å². The summed E-state index contributed by atoms with van der Waals surface area (Å²) in [5.41, 5.74) is 1.15. The molecule has 2 aromatic heterocycles. The predicted molar refractivity (Wildman–Crippen MR) is 75.2 cm³/mol. The van der Waals surface area contributed by atoms with Gasteiger partial charge < -0.3 is 10.6 Å². The van der Waals surface area contributed by atoms with Crippen LogP contribution in [-0.4, -0.2) is 22.4 Å². The second-order valence-corrected chi connectivity index (χ2v) is 4.16. The summed E-state index contributed by atoms with van der Waals surface area (Å²) in [5.74, 6) is -0.964. The van der Waals surface area contributed by atoms with E-state index in [2.05, 4.69) is 20.6 Å². The van der Waals surface area contributed by atoms with Gasteiger partial charge in [-0.2, -0.15) is 0 Å². The normalized spacial score (nSPS) is 10.1. The zero-order valence-electron chi connectivity index (χ0n) is 11.1. The molecule has 6 heteroatoms. The van der Waals surface area contributed by atoms with Crippen LogP contribution in [0.3, 0.4) is 0 Å². The Morgan fingerprint density at radius 2 is 1.95 bits per heavy atom. The lowest BCUT2D eigenvalue weighted by Crippen LogP contribution is -2.16. The van der Waals surface area contributed by atoms with Gasteiger partial charge in [0.15, 0.2) is 5.82 Å². The summed E-state index contributed by atoms with van der Waals surface area (Å²) in [6.45, 7) is 2.76. The first kappa shape index (κ1) is 13.9. The van der Waals surface area contributed by atoms with Crippen molar-refractivity contribution < 1.29 is 9.18 Å². The maximum Gasteiger partial charge on any atom is 0.257 e. The molecule has 0 aliphatic heterocycles. The van der Waals surface area contributed by atoms with E-state index in [1.807, 2.05) is 6.92 Å². The molecule has 2 N–H and O–H groups in total. The third-order valence-corrected chi connectivity index (χ3v) is 2.65. The molecule has 2 aromatic rings. The van der Waals surface area contributed by atoms with Gasteiger partial charge in [0.2, 0.25) is 0 Å². The molecule has 5 nitrogen and oxygen atoms in total. The smallest absolute Gasteiger partial charge is 0.257 e. The van der Waals surface area contributed by atoms with Crippen LogP contribution in [0.25, 0.3) is 0 Å². The Bertz CT molecular complexity index is 603. The highest BCUT2D eigenvalue weighted by atomic mass is 19.1. The van der Waals surface area contributed by atoms with Gasteiger partial charge in [-0.3, -0.25) is 14.8 Å². The summed E-state index contributed by atoms with van der Waals surface area (Å²) in [6.07, 6.45) is 6.50. The van der Waals surface area contributed by atoms with E-state index < -0.39 is 11.7 Å². The minimum absolute atomic E-state index is 0.100. The van der Waals surface area contributed by atoms with Crippen LogP contribution in [0, 0.1) is 5.82 Å². The number of anilines is 2. The molecule has 0 bridgehead atoms. The lowest BCUT2D eigenvalue weighted by Gasteiger charge is -2.11. The largest absolute Gasteiger partial charge is 0.383 e. The van der Waals surface area contributed by atoms with Crippen molar-refractivity contribution in [2.45, 2.75) is 13.3 Å². The molecule has 0 aromatic carbocycles. The fraction of sp³-hybridized carbons (Fsp3) is 0.214. The van der Waals surface area contributed by atoms with E-state index in [4.69, 9.17) is 0 Å². The summed E-state index contributed by atoms with van der Waals surface area (Å²) in [7, 11) is 0. The van der Waals surface area contributed by atoms with Crippen LogP contribution < -0.4 is 10.6 Å². The van der Waals surface area contributed by atoms with Crippen molar-refractivity contribution in [1.82, 2.24) is 9.97 Å². The molecule has 0 saturated carbocycles. The maximum absolute atomic E-state index is 13.5. The monoisotopic (exact) mass is 274 g/mol. The van der Waals surface area contributed by atoms with Crippen molar-refractivity contribution in [3.8, 4) is 0 Å². The Kier molecular flexibility index (Phi) is 4.60. The van der Waals surface area contributed by atoms with E-state index in [1.54, 1.807) is 12.3 Å². The number of halogens is 1. The summed E-state index contributed by atoms with van der Waals surface area (Å²) in [6, 6.07) is 3.00. The van der Waals surface area contributed by atoms with Gasteiger partial charge in [-0.1, -0.05) is 6.92 Å². The van der Waals surface area contributed by atoms with Crippen LogP contribution in [-0.2, 0) is 0 Å². The Labute approximate surface area is 116 Å². The van der Waals surface area contributed by atoms with E-state index >= 15 is 0 Å². The van der Waals surface area contributed by atoms with Crippen LogP contribution in [0.4, 0.5) is 15.8 Å². The number of nitrogens with one attached hydrogen (secondary N) is 2. The zero-order valence-corrected chi connectivity index (χ0v) is 11.1. The van der Waals surface area contributed by atoms with Crippen molar-refractivity contribution in [3.63, 3.8) is 0 Å². The van der Waals surface area contributed by atoms with Crippen molar-refractivity contribution in [2.75, 3.05) is 17.2 Å². The average molecular weight is 274 g/mol. The van der Waals surface area contributed by atoms with Gasteiger partial charge in [-0.15, -0.1) is 0 Å². The molecule has 0 spiro atoms. The van der Waals surface area contributed by atoms with Crippen molar-refractivity contribution in [3.05, 3.63) is 48.3 Å². The maximum atomic E-state index is 13.5. The number of carbonyl (C=O) groups excluding carboxylic acids is 1. The van der Waals surface area contributed by atoms with E-state index in [-0.39, 0.29) is 5.69 Å². The minimum atomic E-state index is -0.571. The van der Waals surface area contributed by atoms with E-state index in [0.717, 1.165) is 19.2 Å². The van der Waals surface area contributed by atoms with Crippen molar-refractivity contribution in [2.24, 2.45) is 0 Å². The van der Waals surface area contributed by atoms with E-state index in [0.29, 0.717) is 11.3 Å². The molecule has 0 aliphatic rings. The molecule has 104 valence electrons. The quantitative estimate of drug-likeness (QED) is 0.879. The number of amides is 1. The Hall–Kier alpha value is -2.50. The molecule has 0 radical (unpaired) electrons. The number of hydrogen-bond donors (Lipinski definition) is 2. The molecule has 0 saturated heterocycles. The first-order chi connectivity index (χ1) is 9.72. The highest BCUT2D eigenvalue weighted by molar-refractivity contribution is 6.07. The van der Waals surface area contributed by atoms with Gasteiger partial charge >= 0.3 is 0 Å². The molecule has 1 amide bonds. The lowest BCUT2D eigenvalue weighted by atomic mass is 10.2. The number of carbonyl (C=O) groups is 1. The average Bonchev–Trinajstić information content (AvgIpc) is 2.47. The topological polar surface area (TPSA) is 66.9 Å². The number of aromatic nitrogens is 2. The molecule has 0 aliphatic carbocycles. The fourth-order valence-electron chi connectivity index (χ4n) is 1.66. The van der Waals surface area contributed by atoms with Gasteiger partial charge in [-0.25, -0.2) is 4.39 Å². The number of nitrogens with zero attached hydrogens (tertiary/aromatic N) is 2. The van der Waals surface area contributed by atoms with Gasteiger partial charge in [0, 0.05) is 18.9 Å². The molecule has 2 heterocycles. The fourth-order valence-corrected chi connectivity index (χ4v) is 1.66. The van der Waals surface area contributed by atoms with Crippen LogP contribution in [0.5, 0.6) is 0 Å². The summed E-state index contributed by atoms with van der Waals surface area (Å²) in [4.78, 5) is 19.8. The minimum Gasteiger partial charge on any atom is -0.383 e. The Balaban J connectivity index is 2.19. The van der Waals surface area contributed by atoms with Crippen LogP contribution in [0.2, 0.25) is 0 Å². The molecule has 0 fully saturated rings. The third-order valence-electron chi connectivity index (χ3n) is 2.65. The molecule has 0 unspecified atom stereocenters. The van der Waals surface area contributed by atoms with Crippen LogP contribution in [0.15, 0.2) is 36.9 Å². The van der Waals surface area contributed by atoms with Crippen molar-refractivity contribution >= 4 is 17.3 Å². The second kappa shape index (κ2) is 6.60. The highest BCUT2D eigenvalue weighted by Gasteiger charge is 2.13. The Morgan fingerprint density at radius 3 is 2.70 bits per heavy atom. The van der Waals surface area contributed by atoms with Crippen LogP contribution in [0.1, 0.15) is 23.7 Å². The first-order valence-corrected chi connectivity index (χ1v) is 6.31. The number of pyridine rings is 2. The number of hydrogen-bond acceptors (Lipinski definition) is 4. The SMILES string of the molecule is CCCNc1cnccc1C(=O)Nc1ccncc1F. The molecular weight excluding hydrogens is 259 g/mol. The standard InChI is InChI=1S/C14H15FN4O/c1-2-5-18-13-9-17-6-3-10(13)14(20)19-12-4-7-16-8-11(12)15/h3-4,6-9,18H,2,5H2,1H3,(H,16,19,20). The lowest BCUT2D eigenvalue weighted by molar-refractivity contribution is 0.102. The van der Waals surface area contributed by atoms with Gasteiger partial charge in [0.05, 0.1) is 29.3 Å². The predicted octanol–water partition coefficient (Wildman–Crippen LogP) is 2.69. The number of rotatable bonds is 5. The van der Waals surface area contributed by atoms with Gasteiger partial charge in [0.25, 0.3) is 5.91 Å². The summed E-state index contributed by atoms with van der Waals surface area (Å²) >= 11 is 0. The third kappa shape index (κ3) is 3.28.